The molecule has 4 nitrogen and oxygen atoms in total. The van der Waals surface area contributed by atoms with Crippen LogP contribution in [0.4, 0.5) is 8.78 Å². The summed E-state index contributed by atoms with van der Waals surface area (Å²) in [7, 11) is 0. The minimum atomic E-state index is -2.88. The highest BCUT2D eigenvalue weighted by Crippen LogP contribution is 2.21. The van der Waals surface area contributed by atoms with Crippen LogP contribution in [-0.4, -0.2) is 24.2 Å². The van der Waals surface area contributed by atoms with Crippen LogP contribution in [0.1, 0.15) is 43.8 Å². The van der Waals surface area contributed by atoms with E-state index in [1.165, 1.54) is 30.7 Å². The zero-order valence-corrected chi connectivity index (χ0v) is 12.8. The molecule has 0 saturated carbocycles. The molecule has 0 fully saturated rings. The van der Waals surface area contributed by atoms with Gasteiger partial charge in [0, 0.05) is 13.0 Å². The second-order valence-corrected chi connectivity index (χ2v) is 5.55. The Morgan fingerprint density at radius 2 is 2.00 bits per heavy atom. The van der Waals surface area contributed by atoms with Gasteiger partial charge in [0.05, 0.1) is 6.10 Å². The highest BCUT2D eigenvalue weighted by atomic mass is 19.3. The van der Waals surface area contributed by atoms with Gasteiger partial charge < -0.3 is 15.2 Å². The molecule has 0 saturated heterocycles. The summed E-state index contributed by atoms with van der Waals surface area (Å²) >= 11 is 0. The number of carbonyl (C=O) groups excluding carboxylic acids is 1. The number of nitrogens with one attached hydrogen (secondary N) is 1. The van der Waals surface area contributed by atoms with Crippen molar-refractivity contribution in [1.29, 1.82) is 0 Å². The largest absolute Gasteiger partial charge is 0.435 e. The molecule has 0 bridgehead atoms. The minimum Gasteiger partial charge on any atom is -0.435 e. The van der Waals surface area contributed by atoms with E-state index in [9.17, 15) is 18.7 Å². The van der Waals surface area contributed by atoms with Gasteiger partial charge in [-0.2, -0.15) is 8.78 Å². The number of amides is 1. The third kappa shape index (κ3) is 5.98. The highest BCUT2D eigenvalue weighted by molar-refractivity contribution is 5.78. The predicted octanol–water partition coefficient (Wildman–Crippen LogP) is 3.33. The lowest BCUT2D eigenvalue weighted by Crippen LogP contribution is -2.28. The Bertz CT molecular complexity index is 543. The lowest BCUT2D eigenvalue weighted by molar-refractivity contribution is -0.120. The number of aliphatic hydroxyl groups excluding tert-OH is 1. The summed E-state index contributed by atoms with van der Waals surface area (Å²) in [5.41, 5.74) is 1.68. The van der Waals surface area contributed by atoms with E-state index < -0.39 is 12.7 Å². The van der Waals surface area contributed by atoms with Crippen molar-refractivity contribution in [1.82, 2.24) is 5.32 Å². The van der Waals surface area contributed by atoms with Crippen LogP contribution in [0.25, 0.3) is 0 Å². The highest BCUT2D eigenvalue weighted by Gasteiger charge is 2.13. The Morgan fingerprint density at radius 1 is 1.26 bits per heavy atom. The number of halogens is 2. The molecule has 1 unspecified atom stereocenters. The third-order valence-corrected chi connectivity index (χ3v) is 3.76. The van der Waals surface area contributed by atoms with Gasteiger partial charge in [-0.3, -0.25) is 4.79 Å². The van der Waals surface area contributed by atoms with Crippen LogP contribution in [0.3, 0.4) is 0 Å². The summed E-state index contributed by atoms with van der Waals surface area (Å²) in [6.45, 7) is -2.79. The number of hydrogen-bond acceptors (Lipinski definition) is 3. The molecule has 2 N–H and O–H groups in total. The van der Waals surface area contributed by atoms with Gasteiger partial charge in [0.15, 0.2) is 0 Å². The molecule has 23 heavy (non-hydrogen) atoms. The van der Waals surface area contributed by atoms with Gasteiger partial charge in [0.1, 0.15) is 5.75 Å². The number of carbonyl (C=O) groups is 1. The van der Waals surface area contributed by atoms with E-state index >= 15 is 0 Å². The van der Waals surface area contributed by atoms with Gasteiger partial charge in [0.2, 0.25) is 5.91 Å². The SMILES string of the molecule is O=C(CC1=CCCCC1)NCC(O)c1ccc(OC(F)F)cc1. The molecule has 0 aromatic heterocycles. The zero-order valence-electron chi connectivity index (χ0n) is 12.8. The average Bonchev–Trinajstić information content (AvgIpc) is 2.54. The van der Waals surface area contributed by atoms with Gasteiger partial charge in [-0.05, 0) is 43.4 Å². The molecule has 2 rings (SSSR count). The summed E-state index contributed by atoms with van der Waals surface area (Å²) in [6, 6.07) is 5.72. The van der Waals surface area contributed by atoms with Crippen molar-refractivity contribution in [2.45, 2.75) is 44.8 Å². The van der Waals surface area contributed by atoms with Gasteiger partial charge in [-0.1, -0.05) is 23.8 Å². The number of aliphatic hydroxyl groups is 1. The Kier molecular flexibility index (Phi) is 6.52. The van der Waals surface area contributed by atoms with Gasteiger partial charge in [-0.25, -0.2) is 0 Å². The van der Waals surface area contributed by atoms with E-state index in [-0.39, 0.29) is 18.2 Å². The minimum absolute atomic E-state index is 0.0317. The molecular weight excluding hydrogens is 304 g/mol. The summed E-state index contributed by atoms with van der Waals surface area (Å²) in [5, 5.41) is 12.7. The first-order valence-corrected chi connectivity index (χ1v) is 7.72. The van der Waals surface area contributed by atoms with E-state index in [1.54, 1.807) is 0 Å². The van der Waals surface area contributed by atoms with Crippen LogP contribution < -0.4 is 10.1 Å². The van der Waals surface area contributed by atoms with Crippen molar-refractivity contribution < 1.29 is 23.4 Å². The van der Waals surface area contributed by atoms with Crippen molar-refractivity contribution in [2.75, 3.05) is 6.54 Å². The first-order chi connectivity index (χ1) is 11.0. The molecule has 0 aliphatic heterocycles. The fourth-order valence-electron chi connectivity index (χ4n) is 2.53. The Labute approximate surface area is 134 Å². The molecule has 1 aromatic carbocycles. The van der Waals surface area contributed by atoms with Gasteiger partial charge >= 0.3 is 6.61 Å². The van der Waals surface area contributed by atoms with E-state index in [0.29, 0.717) is 12.0 Å². The standard InChI is InChI=1S/C17H21F2NO3/c18-17(19)23-14-8-6-13(7-9-14)15(21)11-20-16(22)10-12-4-2-1-3-5-12/h4,6-9,15,17,21H,1-3,5,10-11H2,(H,20,22). The molecule has 6 heteroatoms. The van der Waals surface area contributed by atoms with Crippen LogP contribution in [0, 0.1) is 0 Å². The van der Waals surface area contributed by atoms with Crippen molar-refractivity contribution >= 4 is 5.91 Å². The molecule has 1 atom stereocenters. The first kappa shape index (κ1) is 17.4. The van der Waals surface area contributed by atoms with E-state index in [4.69, 9.17) is 0 Å². The normalized spacial score (nSPS) is 15.9. The second kappa shape index (κ2) is 8.62. The molecule has 1 aliphatic rings. The van der Waals surface area contributed by atoms with Crippen LogP contribution in [0.2, 0.25) is 0 Å². The van der Waals surface area contributed by atoms with E-state index in [1.807, 2.05) is 0 Å². The van der Waals surface area contributed by atoms with Crippen LogP contribution in [0.5, 0.6) is 5.75 Å². The molecule has 1 aliphatic carbocycles. The van der Waals surface area contributed by atoms with E-state index in [0.717, 1.165) is 24.8 Å². The summed E-state index contributed by atoms with van der Waals surface area (Å²) < 4.78 is 28.4. The summed E-state index contributed by atoms with van der Waals surface area (Å²) in [6.07, 6.45) is 5.87. The zero-order chi connectivity index (χ0) is 16.7. The molecule has 0 heterocycles. The number of ether oxygens (including phenoxy) is 1. The lowest BCUT2D eigenvalue weighted by atomic mass is 9.97. The number of benzene rings is 1. The molecule has 1 aromatic rings. The van der Waals surface area contributed by atoms with Gasteiger partial charge in [0.25, 0.3) is 0 Å². The van der Waals surface area contributed by atoms with Crippen LogP contribution in [0.15, 0.2) is 35.9 Å². The third-order valence-electron chi connectivity index (χ3n) is 3.76. The molecule has 0 spiro atoms. The maximum atomic E-state index is 12.1. The Morgan fingerprint density at radius 3 is 2.61 bits per heavy atom. The predicted molar refractivity (Wildman–Crippen MR) is 82.2 cm³/mol. The Balaban J connectivity index is 1.78. The number of allylic oxidation sites excluding steroid dienone is 1. The van der Waals surface area contributed by atoms with Gasteiger partial charge in [-0.15, -0.1) is 0 Å². The lowest BCUT2D eigenvalue weighted by Gasteiger charge is -2.15. The number of rotatable bonds is 7. The fraction of sp³-hybridized carbons (Fsp3) is 0.471. The first-order valence-electron chi connectivity index (χ1n) is 7.72. The smallest absolute Gasteiger partial charge is 0.387 e. The second-order valence-electron chi connectivity index (χ2n) is 5.55. The monoisotopic (exact) mass is 325 g/mol. The van der Waals surface area contributed by atoms with Crippen molar-refractivity contribution in [3.05, 3.63) is 41.5 Å². The maximum absolute atomic E-state index is 12.1. The number of hydrogen-bond donors (Lipinski definition) is 2. The topological polar surface area (TPSA) is 58.6 Å². The quantitative estimate of drug-likeness (QED) is 0.756. The Hall–Kier alpha value is -1.95. The maximum Gasteiger partial charge on any atom is 0.387 e. The summed E-state index contributed by atoms with van der Waals surface area (Å²) in [5.74, 6) is -0.0842. The van der Waals surface area contributed by atoms with Crippen molar-refractivity contribution in [2.24, 2.45) is 0 Å². The van der Waals surface area contributed by atoms with Crippen LogP contribution >= 0.6 is 0 Å². The fourth-order valence-corrected chi connectivity index (χ4v) is 2.53. The van der Waals surface area contributed by atoms with Crippen molar-refractivity contribution in [3.8, 4) is 5.75 Å². The van der Waals surface area contributed by atoms with Crippen molar-refractivity contribution in [3.63, 3.8) is 0 Å². The van der Waals surface area contributed by atoms with E-state index in [2.05, 4.69) is 16.1 Å². The molecule has 0 radical (unpaired) electrons. The molecular formula is C17H21F2NO3. The number of alkyl halides is 2. The van der Waals surface area contributed by atoms with Crippen LogP contribution in [-0.2, 0) is 4.79 Å². The summed E-state index contributed by atoms with van der Waals surface area (Å²) in [4.78, 5) is 11.9. The molecule has 1 amide bonds. The molecule has 126 valence electrons. The average molecular weight is 325 g/mol.